The number of amides is 1. The summed E-state index contributed by atoms with van der Waals surface area (Å²) in [4.78, 5) is 35.7. The smallest absolute Gasteiger partial charge is 0.305 e. The molecule has 4 aromatic rings. The average Bonchev–Trinajstić information content (AvgIpc) is 3.70. The molecule has 1 fully saturated rings. The van der Waals surface area contributed by atoms with E-state index in [2.05, 4.69) is 15.3 Å². The maximum absolute atomic E-state index is 13.5. The van der Waals surface area contributed by atoms with E-state index in [-0.39, 0.29) is 30.8 Å². The second-order valence-electron chi connectivity index (χ2n) is 9.38. The molecule has 0 unspecified atom stereocenters. The minimum Gasteiger partial charge on any atom is -0.495 e. The van der Waals surface area contributed by atoms with Crippen LogP contribution in [0, 0.1) is 0 Å². The van der Waals surface area contributed by atoms with Crippen molar-refractivity contribution in [3.05, 3.63) is 65.9 Å². The van der Waals surface area contributed by atoms with Gasteiger partial charge in [-0.15, -0.1) is 0 Å². The molecule has 0 radical (unpaired) electrons. The zero-order valence-electron chi connectivity index (χ0n) is 22.7. The number of oxazole rings is 2. The van der Waals surface area contributed by atoms with Gasteiger partial charge in [-0.25, -0.2) is 4.98 Å². The van der Waals surface area contributed by atoms with Crippen molar-refractivity contribution in [2.75, 3.05) is 32.7 Å². The Morgan fingerprint density at radius 2 is 2.00 bits per heavy atom. The molecular formula is C29H32N4O7. The lowest BCUT2D eigenvalue weighted by molar-refractivity contribution is -0.140. The Labute approximate surface area is 231 Å². The molecule has 11 heteroatoms. The molecule has 1 aliphatic rings. The van der Waals surface area contributed by atoms with E-state index in [0.717, 1.165) is 11.3 Å². The fourth-order valence-electron chi connectivity index (χ4n) is 4.90. The zero-order valence-corrected chi connectivity index (χ0v) is 22.7. The molecule has 2 aromatic carbocycles. The number of nitrogens with one attached hydrogen (secondary N) is 1. The van der Waals surface area contributed by atoms with Gasteiger partial charge in [-0.05, 0) is 43.2 Å². The molecule has 2 aromatic heterocycles. The summed E-state index contributed by atoms with van der Waals surface area (Å²) in [6, 6.07) is 12.9. The van der Waals surface area contributed by atoms with Crippen molar-refractivity contribution in [3.8, 4) is 5.75 Å². The van der Waals surface area contributed by atoms with Crippen molar-refractivity contribution < 1.29 is 32.6 Å². The molecule has 210 valence electrons. The standard InChI is InChI=1S/C29H32N4O7/c1-4-38-23-13-14-33(27(23)28-30-17-19(39-28)10-12-26(35)37-3)25(34)16-18-9-11-21-24(15-18)40-29(32-21)31-20-7-5-6-8-22(20)36-2/h5-9,11,15,17,23,27H,4,10,12-14,16H2,1-3H3,(H,31,32)/t23-,27-/m0/s1. The average molecular weight is 549 g/mol. The van der Waals surface area contributed by atoms with E-state index in [1.807, 2.05) is 49.4 Å². The largest absolute Gasteiger partial charge is 0.495 e. The molecule has 1 N–H and O–H groups in total. The quantitative estimate of drug-likeness (QED) is 0.266. The Morgan fingerprint density at radius 3 is 2.80 bits per heavy atom. The Balaban J connectivity index is 1.30. The highest BCUT2D eigenvalue weighted by molar-refractivity contribution is 5.82. The van der Waals surface area contributed by atoms with E-state index in [1.165, 1.54) is 7.11 Å². The predicted octanol–water partition coefficient (Wildman–Crippen LogP) is 4.59. The third kappa shape index (κ3) is 5.94. The normalized spacial score (nSPS) is 16.8. The van der Waals surface area contributed by atoms with Crippen LogP contribution in [-0.2, 0) is 31.9 Å². The monoisotopic (exact) mass is 548 g/mol. The summed E-state index contributed by atoms with van der Waals surface area (Å²) >= 11 is 0. The molecular weight excluding hydrogens is 516 g/mol. The van der Waals surface area contributed by atoms with E-state index < -0.39 is 6.04 Å². The van der Waals surface area contributed by atoms with Crippen molar-refractivity contribution in [3.63, 3.8) is 0 Å². The van der Waals surface area contributed by atoms with Crippen molar-refractivity contribution in [1.82, 2.24) is 14.9 Å². The number of fused-ring (bicyclic) bond motifs is 1. The topological polar surface area (TPSA) is 129 Å². The Hall–Kier alpha value is -4.38. The Bertz CT molecular complexity index is 1480. The first-order valence-electron chi connectivity index (χ1n) is 13.2. The van der Waals surface area contributed by atoms with Crippen molar-refractivity contribution in [2.45, 2.75) is 44.8 Å². The van der Waals surface area contributed by atoms with Crippen molar-refractivity contribution in [2.24, 2.45) is 0 Å². The van der Waals surface area contributed by atoms with Crippen LogP contribution in [-0.4, -0.2) is 60.2 Å². The van der Waals surface area contributed by atoms with Crippen LogP contribution in [0.3, 0.4) is 0 Å². The summed E-state index contributed by atoms with van der Waals surface area (Å²) in [7, 11) is 2.95. The third-order valence-electron chi connectivity index (χ3n) is 6.83. The minimum absolute atomic E-state index is 0.0762. The summed E-state index contributed by atoms with van der Waals surface area (Å²) in [6.45, 7) is 2.94. The van der Waals surface area contributed by atoms with Crippen molar-refractivity contribution >= 4 is 34.7 Å². The Morgan fingerprint density at radius 1 is 1.15 bits per heavy atom. The molecule has 1 saturated heterocycles. The molecule has 0 spiro atoms. The lowest BCUT2D eigenvalue weighted by Gasteiger charge is -2.25. The highest BCUT2D eigenvalue weighted by Gasteiger charge is 2.41. The first-order chi connectivity index (χ1) is 19.5. The Kier molecular flexibility index (Phi) is 8.30. The van der Waals surface area contributed by atoms with Gasteiger partial charge in [0.2, 0.25) is 11.8 Å². The molecule has 5 rings (SSSR count). The molecule has 1 aliphatic heterocycles. The van der Waals surface area contributed by atoms with Gasteiger partial charge in [-0.3, -0.25) is 9.59 Å². The number of anilines is 2. The van der Waals surface area contributed by atoms with E-state index >= 15 is 0 Å². The number of ether oxygens (including phenoxy) is 3. The van der Waals surface area contributed by atoms with Gasteiger partial charge in [-0.2, -0.15) is 4.98 Å². The maximum Gasteiger partial charge on any atom is 0.305 e. The van der Waals surface area contributed by atoms with Gasteiger partial charge in [0.05, 0.1) is 45.0 Å². The second-order valence-corrected chi connectivity index (χ2v) is 9.38. The molecule has 2 atom stereocenters. The van der Waals surface area contributed by atoms with Crippen LogP contribution in [0.15, 0.2) is 57.5 Å². The van der Waals surface area contributed by atoms with Crippen LogP contribution < -0.4 is 10.1 Å². The molecule has 0 bridgehead atoms. The highest BCUT2D eigenvalue weighted by atomic mass is 16.5. The first kappa shape index (κ1) is 27.2. The molecule has 3 heterocycles. The van der Waals surface area contributed by atoms with Gasteiger partial charge in [-0.1, -0.05) is 18.2 Å². The van der Waals surface area contributed by atoms with Crippen LogP contribution in [0.1, 0.15) is 43.0 Å². The minimum atomic E-state index is -0.454. The first-order valence-corrected chi connectivity index (χ1v) is 13.2. The van der Waals surface area contributed by atoms with Gasteiger partial charge >= 0.3 is 5.97 Å². The fraction of sp³-hybridized carbons (Fsp3) is 0.379. The number of aryl methyl sites for hydroxylation is 1. The van der Waals surface area contributed by atoms with Gasteiger partial charge in [0.1, 0.15) is 23.1 Å². The molecule has 0 saturated carbocycles. The van der Waals surface area contributed by atoms with E-state index in [0.29, 0.717) is 60.5 Å². The summed E-state index contributed by atoms with van der Waals surface area (Å²) in [6.07, 6.45) is 2.75. The number of nitrogens with zero attached hydrogens (tertiary/aromatic N) is 3. The SMILES string of the molecule is CCO[C@H]1CCN(C(=O)Cc2ccc3nc(Nc4ccccc4OC)oc3c2)[C@@H]1c1ncc(CCC(=O)OC)o1. The third-order valence-corrected chi connectivity index (χ3v) is 6.83. The van der Waals surface area contributed by atoms with Gasteiger partial charge in [0.15, 0.2) is 5.58 Å². The number of rotatable bonds is 11. The number of carbonyl (C=O) groups excluding carboxylic acids is 2. The molecule has 0 aliphatic carbocycles. The van der Waals surface area contributed by atoms with Crippen molar-refractivity contribution in [1.29, 1.82) is 0 Å². The number of esters is 1. The number of benzene rings is 2. The van der Waals surface area contributed by atoms with Gasteiger partial charge in [0.25, 0.3) is 6.01 Å². The van der Waals surface area contributed by atoms with Gasteiger partial charge in [0, 0.05) is 19.6 Å². The van der Waals surface area contributed by atoms with Gasteiger partial charge < -0.3 is 33.3 Å². The number of carbonyl (C=O) groups is 2. The fourth-order valence-corrected chi connectivity index (χ4v) is 4.90. The second kappa shape index (κ2) is 12.2. The number of likely N-dealkylation sites (tertiary alicyclic amines) is 1. The number of methoxy groups -OCH3 is 2. The van der Waals surface area contributed by atoms with Crippen LogP contribution >= 0.6 is 0 Å². The summed E-state index contributed by atoms with van der Waals surface area (Å²) in [5.41, 5.74) is 2.76. The highest BCUT2D eigenvalue weighted by Crippen LogP contribution is 2.35. The zero-order chi connectivity index (χ0) is 28.1. The van der Waals surface area contributed by atoms with Crippen LogP contribution in [0.25, 0.3) is 11.1 Å². The predicted molar refractivity (Wildman–Crippen MR) is 145 cm³/mol. The van der Waals surface area contributed by atoms with Crippen LogP contribution in [0.4, 0.5) is 11.7 Å². The number of para-hydroxylation sites is 2. The summed E-state index contributed by atoms with van der Waals surface area (Å²) < 4.78 is 27.9. The summed E-state index contributed by atoms with van der Waals surface area (Å²) in [5.74, 6) is 1.23. The number of hydrogen-bond donors (Lipinski definition) is 1. The number of aromatic nitrogens is 2. The molecule has 11 nitrogen and oxygen atoms in total. The molecule has 40 heavy (non-hydrogen) atoms. The number of hydrogen-bond acceptors (Lipinski definition) is 10. The molecule has 1 amide bonds. The maximum atomic E-state index is 13.5. The summed E-state index contributed by atoms with van der Waals surface area (Å²) in [5, 5.41) is 3.14. The van der Waals surface area contributed by atoms with Crippen LogP contribution in [0.5, 0.6) is 5.75 Å². The lowest BCUT2D eigenvalue weighted by Crippen LogP contribution is -2.35. The van der Waals surface area contributed by atoms with E-state index in [4.69, 9.17) is 23.0 Å². The van der Waals surface area contributed by atoms with E-state index in [9.17, 15) is 9.59 Å². The van der Waals surface area contributed by atoms with E-state index in [1.54, 1.807) is 18.2 Å². The lowest BCUT2D eigenvalue weighted by atomic mass is 10.1. The van der Waals surface area contributed by atoms with Crippen LogP contribution in [0.2, 0.25) is 0 Å².